The second-order valence-corrected chi connectivity index (χ2v) is 6.83. The lowest BCUT2D eigenvalue weighted by atomic mass is 9.92. The summed E-state index contributed by atoms with van der Waals surface area (Å²) >= 11 is 0. The molecule has 1 amide bonds. The van der Waals surface area contributed by atoms with E-state index < -0.39 is 6.04 Å². The van der Waals surface area contributed by atoms with Gasteiger partial charge in [0.05, 0.1) is 19.3 Å². The van der Waals surface area contributed by atoms with E-state index in [1.165, 1.54) is 0 Å². The van der Waals surface area contributed by atoms with Gasteiger partial charge in [-0.1, -0.05) is 57.0 Å². The van der Waals surface area contributed by atoms with Crippen LogP contribution in [-0.2, 0) is 16.0 Å². The van der Waals surface area contributed by atoms with Crippen molar-refractivity contribution in [2.75, 3.05) is 32.8 Å². The zero-order chi connectivity index (χ0) is 18.1. The van der Waals surface area contributed by atoms with E-state index in [2.05, 4.69) is 24.1 Å². The number of benzene rings is 1. The second kappa shape index (κ2) is 10.5. The van der Waals surface area contributed by atoms with Gasteiger partial charge in [0.1, 0.15) is 0 Å². The first-order chi connectivity index (χ1) is 12.2. The zero-order valence-corrected chi connectivity index (χ0v) is 15.6. The summed E-state index contributed by atoms with van der Waals surface area (Å²) in [4.78, 5) is 14.9. The highest BCUT2D eigenvalue weighted by molar-refractivity contribution is 5.81. The van der Waals surface area contributed by atoms with Crippen molar-refractivity contribution in [2.45, 2.75) is 45.2 Å². The van der Waals surface area contributed by atoms with Crippen molar-refractivity contribution in [3.8, 4) is 0 Å². The SMILES string of the molecule is CCC(CC)C(CNC(=O)C(N)Cc1ccccc1)N1CCOCC1. The van der Waals surface area contributed by atoms with Crippen LogP contribution < -0.4 is 11.1 Å². The third-order valence-corrected chi connectivity index (χ3v) is 5.23. The Hall–Kier alpha value is -1.43. The number of nitrogens with one attached hydrogen (secondary N) is 1. The Morgan fingerprint density at radius 3 is 2.44 bits per heavy atom. The molecule has 1 fully saturated rings. The van der Waals surface area contributed by atoms with Crippen LogP contribution in [-0.4, -0.2) is 55.7 Å². The van der Waals surface area contributed by atoms with Crippen LogP contribution in [0.5, 0.6) is 0 Å². The van der Waals surface area contributed by atoms with Crippen molar-refractivity contribution in [3.63, 3.8) is 0 Å². The molecule has 1 aliphatic heterocycles. The van der Waals surface area contributed by atoms with Crippen molar-refractivity contribution in [3.05, 3.63) is 35.9 Å². The smallest absolute Gasteiger partial charge is 0.237 e. The number of morpholine rings is 1. The highest BCUT2D eigenvalue weighted by atomic mass is 16.5. The maximum atomic E-state index is 12.5. The van der Waals surface area contributed by atoms with Crippen molar-refractivity contribution in [2.24, 2.45) is 11.7 Å². The Kier molecular flexibility index (Phi) is 8.38. The normalized spacial score (nSPS) is 18.1. The van der Waals surface area contributed by atoms with Crippen molar-refractivity contribution in [1.29, 1.82) is 0 Å². The Bertz CT molecular complexity index is 499. The fourth-order valence-corrected chi connectivity index (χ4v) is 3.63. The molecule has 5 nitrogen and oxygen atoms in total. The number of hydrogen-bond donors (Lipinski definition) is 2. The van der Waals surface area contributed by atoms with Crippen LogP contribution >= 0.6 is 0 Å². The molecule has 1 heterocycles. The predicted octanol–water partition coefficient (Wildman–Crippen LogP) is 1.81. The van der Waals surface area contributed by atoms with Crippen molar-refractivity contribution in [1.82, 2.24) is 10.2 Å². The fraction of sp³-hybridized carbons (Fsp3) is 0.650. The number of carbonyl (C=O) groups excluding carboxylic acids is 1. The van der Waals surface area contributed by atoms with E-state index in [9.17, 15) is 4.79 Å². The molecule has 0 spiro atoms. The molecule has 0 aromatic heterocycles. The van der Waals surface area contributed by atoms with Crippen molar-refractivity contribution >= 4 is 5.91 Å². The lowest BCUT2D eigenvalue weighted by Gasteiger charge is -2.39. The third kappa shape index (κ3) is 6.10. The second-order valence-electron chi connectivity index (χ2n) is 6.83. The maximum absolute atomic E-state index is 12.5. The monoisotopic (exact) mass is 347 g/mol. The van der Waals surface area contributed by atoms with Gasteiger partial charge in [0.25, 0.3) is 0 Å². The minimum atomic E-state index is -0.505. The van der Waals surface area contributed by atoms with Gasteiger partial charge in [-0.15, -0.1) is 0 Å². The first-order valence-corrected chi connectivity index (χ1v) is 9.54. The average molecular weight is 348 g/mol. The number of nitrogens with two attached hydrogens (primary N) is 1. The molecular formula is C20H33N3O2. The molecular weight excluding hydrogens is 314 g/mol. The van der Waals surface area contributed by atoms with Crippen molar-refractivity contribution < 1.29 is 9.53 Å². The molecule has 2 unspecified atom stereocenters. The summed E-state index contributed by atoms with van der Waals surface area (Å²) < 4.78 is 5.48. The van der Waals surface area contributed by atoms with Crippen LogP contribution in [0, 0.1) is 5.92 Å². The summed E-state index contributed by atoms with van der Waals surface area (Å²) in [5, 5.41) is 3.10. The van der Waals surface area contributed by atoms with Gasteiger partial charge in [0.2, 0.25) is 5.91 Å². The van der Waals surface area contributed by atoms with Gasteiger partial charge in [0.15, 0.2) is 0 Å². The van der Waals surface area contributed by atoms with Gasteiger partial charge in [-0.3, -0.25) is 9.69 Å². The van der Waals surface area contributed by atoms with Crippen LogP contribution in [0.2, 0.25) is 0 Å². The van der Waals surface area contributed by atoms with Crippen LogP contribution in [0.1, 0.15) is 32.3 Å². The Balaban J connectivity index is 1.90. The molecule has 0 radical (unpaired) electrons. The van der Waals surface area contributed by atoms with Crippen LogP contribution in [0.15, 0.2) is 30.3 Å². The van der Waals surface area contributed by atoms with E-state index in [0.717, 1.165) is 44.7 Å². The predicted molar refractivity (Wildman–Crippen MR) is 101 cm³/mol. The first kappa shape index (κ1) is 19.9. The van der Waals surface area contributed by atoms with Gasteiger partial charge in [-0.05, 0) is 17.9 Å². The maximum Gasteiger partial charge on any atom is 0.237 e. The molecule has 0 bridgehead atoms. The Morgan fingerprint density at radius 1 is 1.20 bits per heavy atom. The van der Waals surface area contributed by atoms with E-state index in [1.807, 2.05) is 30.3 Å². The summed E-state index contributed by atoms with van der Waals surface area (Å²) in [5.41, 5.74) is 7.20. The van der Waals surface area contributed by atoms with E-state index in [4.69, 9.17) is 10.5 Å². The van der Waals surface area contributed by atoms with Crippen LogP contribution in [0.3, 0.4) is 0 Å². The minimum absolute atomic E-state index is 0.0620. The molecule has 25 heavy (non-hydrogen) atoms. The highest BCUT2D eigenvalue weighted by Crippen LogP contribution is 2.19. The molecule has 1 aromatic rings. The molecule has 140 valence electrons. The first-order valence-electron chi connectivity index (χ1n) is 9.54. The van der Waals surface area contributed by atoms with Gasteiger partial charge < -0.3 is 15.8 Å². The van der Waals surface area contributed by atoms with E-state index >= 15 is 0 Å². The van der Waals surface area contributed by atoms with Crippen LogP contribution in [0.25, 0.3) is 0 Å². The Morgan fingerprint density at radius 2 is 1.84 bits per heavy atom. The summed E-state index contributed by atoms with van der Waals surface area (Å²) in [7, 11) is 0. The molecule has 1 saturated heterocycles. The molecule has 2 rings (SSSR count). The fourth-order valence-electron chi connectivity index (χ4n) is 3.63. The lowest BCUT2D eigenvalue weighted by Crippen LogP contribution is -2.53. The zero-order valence-electron chi connectivity index (χ0n) is 15.6. The van der Waals surface area contributed by atoms with E-state index in [1.54, 1.807) is 0 Å². The van der Waals surface area contributed by atoms with Gasteiger partial charge in [-0.25, -0.2) is 0 Å². The largest absolute Gasteiger partial charge is 0.379 e. The van der Waals surface area contributed by atoms with Gasteiger partial charge >= 0.3 is 0 Å². The van der Waals surface area contributed by atoms with Gasteiger partial charge in [-0.2, -0.15) is 0 Å². The molecule has 5 heteroatoms. The number of rotatable bonds is 9. The molecule has 1 aromatic carbocycles. The highest BCUT2D eigenvalue weighted by Gasteiger charge is 2.27. The lowest BCUT2D eigenvalue weighted by molar-refractivity contribution is -0.122. The summed E-state index contributed by atoms with van der Waals surface area (Å²) in [5.74, 6) is 0.511. The Labute approximate surface area is 151 Å². The summed E-state index contributed by atoms with van der Waals surface area (Å²) in [6, 6.07) is 9.78. The number of nitrogens with zero attached hydrogens (tertiary/aromatic N) is 1. The topological polar surface area (TPSA) is 67.6 Å². The number of ether oxygens (including phenoxy) is 1. The molecule has 0 aliphatic carbocycles. The summed E-state index contributed by atoms with van der Waals surface area (Å²) in [6.07, 6.45) is 2.80. The average Bonchev–Trinajstić information content (AvgIpc) is 2.66. The van der Waals surface area contributed by atoms with E-state index in [-0.39, 0.29) is 5.91 Å². The molecule has 0 saturated carbocycles. The van der Waals surface area contributed by atoms with Crippen LogP contribution in [0.4, 0.5) is 0 Å². The quantitative estimate of drug-likeness (QED) is 0.715. The minimum Gasteiger partial charge on any atom is -0.379 e. The van der Waals surface area contributed by atoms with E-state index in [0.29, 0.717) is 24.9 Å². The number of hydrogen-bond acceptors (Lipinski definition) is 4. The number of carbonyl (C=O) groups is 1. The third-order valence-electron chi connectivity index (χ3n) is 5.23. The summed E-state index contributed by atoms with van der Waals surface area (Å²) in [6.45, 7) is 8.54. The molecule has 2 atom stereocenters. The molecule has 1 aliphatic rings. The standard InChI is InChI=1S/C20H33N3O2/c1-3-17(4-2)19(23-10-12-25-13-11-23)15-22-20(24)18(21)14-16-8-6-5-7-9-16/h5-9,17-19H,3-4,10-15,21H2,1-2H3,(H,22,24). The van der Waals surface area contributed by atoms with Gasteiger partial charge in [0, 0.05) is 25.7 Å². The number of amides is 1. The molecule has 3 N–H and O–H groups in total.